The first-order chi connectivity index (χ1) is 17.3. The van der Waals surface area contributed by atoms with E-state index in [1.54, 1.807) is 12.1 Å². The lowest BCUT2D eigenvalue weighted by atomic mass is 9.97. The molecule has 1 atom stereocenters. The lowest BCUT2D eigenvalue weighted by molar-refractivity contribution is 0.138. The number of hydrogen-bond donors (Lipinski definition) is 1. The lowest BCUT2D eigenvalue weighted by Crippen LogP contribution is -2.39. The molecule has 0 bridgehead atoms. The molecule has 0 fully saturated rings. The molecule has 4 aromatic rings. The number of hydrogen-bond acceptors (Lipinski definition) is 3. The summed E-state index contributed by atoms with van der Waals surface area (Å²) in [5.41, 5.74) is 5.69. The van der Waals surface area contributed by atoms with E-state index < -0.39 is 16.1 Å². The molecule has 6 heteroatoms. The fraction of sp³-hybridized carbons (Fsp3) is 0.267. The molecule has 1 aliphatic carbocycles. The number of fused-ring (bicyclic) bond motifs is 3. The van der Waals surface area contributed by atoms with Crippen LogP contribution in [0.25, 0.3) is 21.8 Å². The molecule has 1 aromatic heterocycles. The van der Waals surface area contributed by atoms with Gasteiger partial charge in [0, 0.05) is 21.8 Å². The Morgan fingerprint density at radius 2 is 1.47 bits per heavy atom. The van der Waals surface area contributed by atoms with Crippen LogP contribution in [0.3, 0.4) is 0 Å². The highest BCUT2D eigenvalue weighted by Crippen LogP contribution is 2.33. The predicted molar refractivity (Wildman–Crippen MR) is 146 cm³/mol. The van der Waals surface area contributed by atoms with Crippen molar-refractivity contribution >= 4 is 31.8 Å². The zero-order valence-corrected chi connectivity index (χ0v) is 21.8. The van der Waals surface area contributed by atoms with Crippen LogP contribution in [0.5, 0.6) is 0 Å². The first-order valence-electron chi connectivity index (χ1n) is 12.4. The second kappa shape index (κ2) is 9.60. The van der Waals surface area contributed by atoms with Gasteiger partial charge in [-0.05, 0) is 69.0 Å². The van der Waals surface area contributed by atoms with Gasteiger partial charge in [-0.1, -0.05) is 60.2 Å². The van der Waals surface area contributed by atoms with E-state index in [0.717, 1.165) is 51.4 Å². The molecule has 5 rings (SSSR count). The third kappa shape index (κ3) is 4.36. The molecule has 1 heterocycles. The van der Waals surface area contributed by atoms with Crippen LogP contribution in [-0.2, 0) is 16.6 Å². The van der Waals surface area contributed by atoms with Gasteiger partial charge in [0.25, 0.3) is 10.0 Å². The quantitative estimate of drug-likeness (QED) is 0.330. The highest BCUT2D eigenvalue weighted by molar-refractivity contribution is 7.89. The standard InChI is InChI=1S/C30H32N2O3S/c1-21-15-17-25(18-16-21)36(34,35)32(30-22(2)9-8-10-23(30)3)20-24(33)19-31-28-13-6-4-11-26(28)27-12-5-7-14-29(27)31/h4-7,9,11-18,24,33H,8,10,19-20H2,1-3H3. The second-order valence-electron chi connectivity index (χ2n) is 9.70. The molecule has 0 amide bonds. The van der Waals surface area contributed by atoms with Crippen molar-refractivity contribution in [1.29, 1.82) is 0 Å². The summed E-state index contributed by atoms with van der Waals surface area (Å²) in [7, 11) is -3.88. The minimum atomic E-state index is -3.88. The summed E-state index contributed by atoms with van der Waals surface area (Å²) in [6.07, 6.45) is 2.86. The van der Waals surface area contributed by atoms with Gasteiger partial charge in [0.15, 0.2) is 0 Å². The van der Waals surface area contributed by atoms with E-state index in [-0.39, 0.29) is 18.0 Å². The molecule has 1 N–H and O–H groups in total. The fourth-order valence-corrected chi connectivity index (χ4v) is 6.92. The Balaban J connectivity index is 1.55. The monoisotopic (exact) mass is 500 g/mol. The number of aryl methyl sites for hydroxylation is 1. The number of sulfonamides is 1. The Bertz CT molecular complexity index is 1540. The number of aliphatic hydroxyl groups excluding tert-OH is 1. The van der Waals surface area contributed by atoms with E-state index >= 15 is 0 Å². The van der Waals surface area contributed by atoms with E-state index in [2.05, 4.69) is 22.8 Å². The number of aliphatic hydroxyl groups is 1. The van der Waals surface area contributed by atoms with Crippen LogP contribution in [0.1, 0.15) is 32.3 Å². The third-order valence-electron chi connectivity index (χ3n) is 7.06. The predicted octanol–water partition coefficient (Wildman–Crippen LogP) is 6.17. The summed E-state index contributed by atoms with van der Waals surface area (Å²) in [6, 6.07) is 23.2. The topological polar surface area (TPSA) is 62.5 Å². The average molecular weight is 501 g/mol. The van der Waals surface area contributed by atoms with Crippen molar-refractivity contribution in [3.8, 4) is 0 Å². The summed E-state index contributed by atoms with van der Waals surface area (Å²) >= 11 is 0. The molecule has 36 heavy (non-hydrogen) atoms. The molecule has 5 nitrogen and oxygen atoms in total. The van der Waals surface area contributed by atoms with Crippen LogP contribution < -0.4 is 0 Å². The minimum Gasteiger partial charge on any atom is -0.389 e. The maximum absolute atomic E-state index is 13.9. The summed E-state index contributed by atoms with van der Waals surface area (Å²) in [5, 5.41) is 13.6. The second-order valence-corrected chi connectivity index (χ2v) is 11.6. The lowest BCUT2D eigenvalue weighted by Gasteiger charge is -2.33. The van der Waals surface area contributed by atoms with Crippen molar-refractivity contribution in [2.75, 3.05) is 6.54 Å². The van der Waals surface area contributed by atoms with Crippen LogP contribution in [0.4, 0.5) is 0 Å². The zero-order chi connectivity index (χ0) is 25.4. The highest BCUT2D eigenvalue weighted by Gasteiger charge is 2.31. The molecule has 0 aliphatic heterocycles. The Hall–Kier alpha value is -3.35. The smallest absolute Gasteiger partial charge is 0.264 e. The van der Waals surface area contributed by atoms with Crippen molar-refractivity contribution in [2.45, 2.75) is 51.2 Å². The number of para-hydroxylation sites is 2. The van der Waals surface area contributed by atoms with Crippen molar-refractivity contribution < 1.29 is 13.5 Å². The van der Waals surface area contributed by atoms with Crippen molar-refractivity contribution in [3.63, 3.8) is 0 Å². The van der Waals surface area contributed by atoms with Gasteiger partial charge in [0.05, 0.1) is 29.8 Å². The number of aromatic nitrogens is 1. The molecule has 0 spiro atoms. The third-order valence-corrected chi connectivity index (χ3v) is 8.84. The normalized spacial score (nSPS) is 15.4. The van der Waals surface area contributed by atoms with Gasteiger partial charge < -0.3 is 9.67 Å². The molecule has 1 unspecified atom stereocenters. The van der Waals surface area contributed by atoms with E-state index in [0.29, 0.717) is 5.70 Å². The SMILES string of the molecule is CC1=CCCC(C)=C1N(CC(O)Cn1c2ccccc2c2ccccc21)S(=O)(=O)c1ccc(C)cc1. The summed E-state index contributed by atoms with van der Waals surface area (Å²) in [6.45, 7) is 6.13. The molecule has 186 valence electrons. The number of rotatable bonds is 7. The van der Waals surface area contributed by atoms with Gasteiger partial charge >= 0.3 is 0 Å². The van der Waals surface area contributed by atoms with Crippen LogP contribution in [0.2, 0.25) is 0 Å². The first-order valence-corrected chi connectivity index (χ1v) is 13.8. The zero-order valence-electron chi connectivity index (χ0n) is 21.0. The van der Waals surface area contributed by atoms with Gasteiger partial charge in [0.1, 0.15) is 0 Å². The van der Waals surface area contributed by atoms with E-state index in [1.165, 1.54) is 4.31 Å². The van der Waals surface area contributed by atoms with Gasteiger partial charge in [0.2, 0.25) is 0 Å². The van der Waals surface area contributed by atoms with Gasteiger partial charge in [-0.2, -0.15) is 0 Å². The Labute approximate surface area is 213 Å². The highest BCUT2D eigenvalue weighted by atomic mass is 32.2. The Kier molecular flexibility index (Phi) is 6.49. The molecule has 3 aromatic carbocycles. The molecule has 1 aliphatic rings. The van der Waals surface area contributed by atoms with Crippen molar-refractivity contribution in [2.24, 2.45) is 0 Å². The van der Waals surface area contributed by atoms with Crippen molar-refractivity contribution in [3.05, 3.63) is 101 Å². The first kappa shape index (κ1) is 24.3. The summed E-state index contributed by atoms with van der Waals surface area (Å²) in [5.74, 6) is 0. The number of nitrogens with zero attached hydrogens (tertiary/aromatic N) is 2. The molecule has 0 radical (unpaired) electrons. The maximum Gasteiger partial charge on any atom is 0.264 e. The molecular formula is C30H32N2O3S. The number of benzene rings is 3. The largest absolute Gasteiger partial charge is 0.389 e. The molecule has 0 saturated carbocycles. The average Bonchev–Trinajstić information content (AvgIpc) is 3.17. The molecular weight excluding hydrogens is 468 g/mol. The van der Waals surface area contributed by atoms with Gasteiger partial charge in [-0.3, -0.25) is 4.31 Å². The fourth-order valence-electron chi connectivity index (χ4n) is 5.27. The number of allylic oxidation sites excluding steroid dienone is 3. The van der Waals surface area contributed by atoms with Crippen LogP contribution in [0.15, 0.2) is 101 Å². The van der Waals surface area contributed by atoms with E-state index in [1.807, 2.05) is 69.3 Å². The van der Waals surface area contributed by atoms with Crippen LogP contribution >= 0.6 is 0 Å². The summed E-state index contributed by atoms with van der Waals surface area (Å²) in [4.78, 5) is 0.232. The van der Waals surface area contributed by atoms with Crippen molar-refractivity contribution in [1.82, 2.24) is 8.87 Å². The van der Waals surface area contributed by atoms with E-state index in [4.69, 9.17) is 0 Å². The molecule has 0 saturated heterocycles. The summed E-state index contributed by atoms with van der Waals surface area (Å²) < 4.78 is 31.4. The van der Waals surface area contributed by atoms with Gasteiger partial charge in [-0.25, -0.2) is 8.42 Å². The van der Waals surface area contributed by atoms with Crippen LogP contribution in [-0.4, -0.2) is 35.0 Å². The van der Waals surface area contributed by atoms with E-state index in [9.17, 15) is 13.5 Å². The minimum absolute atomic E-state index is 0.0328. The van der Waals surface area contributed by atoms with Gasteiger partial charge in [-0.15, -0.1) is 0 Å². The Morgan fingerprint density at radius 1 is 0.889 bits per heavy atom. The van der Waals surface area contributed by atoms with Crippen LogP contribution in [0, 0.1) is 6.92 Å². The Morgan fingerprint density at radius 3 is 2.06 bits per heavy atom. The maximum atomic E-state index is 13.9.